The number of phenols is 2. The summed E-state index contributed by atoms with van der Waals surface area (Å²) in [5.41, 5.74) is 0.570. The molecule has 0 fully saturated rings. The molecule has 1 atom stereocenters. The highest BCUT2D eigenvalue weighted by Gasteiger charge is 2.32. The molecule has 2 aromatic carbocycles. The van der Waals surface area contributed by atoms with E-state index >= 15 is 0 Å². The summed E-state index contributed by atoms with van der Waals surface area (Å²) < 4.78 is 0. The first kappa shape index (κ1) is 22.2. The maximum Gasteiger partial charge on any atom is 0.308 e. The third kappa shape index (κ3) is 5.02. The quantitative estimate of drug-likeness (QED) is 0.445. The zero-order valence-corrected chi connectivity index (χ0v) is 16.9. The average molecular weight is 389 g/mol. The zero-order chi connectivity index (χ0) is 21.1. The van der Waals surface area contributed by atoms with E-state index in [1.54, 1.807) is 0 Å². The van der Waals surface area contributed by atoms with Crippen LogP contribution in [0.3, 0.4) is 0 Å². The van der Waals surface area contributed by atoms with Crippen molar-refractivity contribution in [3.8, 4) is 11.5 Å². The third-order valence-corrected chi connectivity index (χ3v) is 5.11. The van der Waals surface area contributed by atoms with E-state index in [0.29, 0.717) is 25.0 Å². The molecule has 0 aliphatic heterocycles. The van der Waals surface area contributed by atoms with Crippen LogP contribution in [-0.4, -0.2) is 49.1 Å². The van der Waals surface area contributed by atoms with Crippen LogP contribution in [0.4, 0.5) is 0 Å². The van der Waals surface area contributed by atoms with Gasteiger partial charge in [-0.15, -0.1) is 0 Å². The number of aliphatic hydroxyl groups is 3. The van der Waals surface area contributed by atoms with E-state index in [-0.39, 0.29) is 11.3 Å². The molecule has 6 heteroatoms. The Morgan fingerprint density at radius 1 is 0.857 bits per heavy atom. The summed E-state index contributed by atoms with van der Waals surface area (Å²) in [5.74, 6) is -4.29. The van der Waals surface area contributed by atoms with Crippen LogP contribution in [0.5, 0.6) is 11.5 Å². The van der Waals surface area contributed by atoms with E-state index < -0.39 is 23.2 Å². The second-order valence-corrected chi connectivity index (χ2v) is 7.71. The van der Waals surface area contributed by atoms with Crippen LogP contribution >= 0.6 is 0 Å². The average Bonchev–Trinajstić information content (AvgIpc) is 2.59. The van der Waals surface area contributed by atoms with Gasteiger partial charge >= 0.3 is 5.97 Å². The van der Waals surface area contributed by atoms with E-state index in [4.69, 9.17) is 0 Å². The van der Waals surface area contributed by atoms with Gasteiger partial charge in [-0.1, -0.05) is 30.3 Å². The standard InChI is InChI=1S/C22H31NO5/c1-14(2)23(15(3)4)13-12-17(16-8-6-5-7-9-16)20-19(24)11-10-18(21(20)25)22(26,27)28/h5-11,14-15,17,24-28H,12-13H2,1-4H3/t17-/m1/s1. The minimum Gasteiger partial charge on any atom is -0.508 e. The topological polar surface area (TPSA) is 104 Å². The third-order valence-electron chi connectivity index (χ3n) is 5.11. The second-order valence-electron chi connectivity index (χ2n) is 7.71. The monoisotopic (exact) mass is 389 g/mol. The first-order valence-electron chi connectivity index (χ1n) is 9.57. The van der Waals surface area contributed by atoms with E-state index in [0.717, 1.165) is 11.6 Å². The van der Waals surface area contributed by atoms with Crippen LogP contribution in [0.2, 0.25) is 0 Å². The van der Waals surface area contributed by atoms with Gasteiger partial charge in [0.25, 0.3) is 0 Å². The van der Waals surface area contributed by atoms with Crippen LogP contribution in [0, 0.1) is 0 Å². The Morgan fingerprint density at radius 2 is 1.43 bits per heavy atom. The van der Waals surface area contributed by atoms with Crippen LogP contribution in [0.15, 0.2) is 42.5 Å². The SMILES string of the molecule is CC(C)N(CC[C@H](c1ccccc1)c1c(O)ccc(C(O)(O)O)c1O)C(C)C. The molecule has 0 aromatic heterocycles. The predicted octanol–water partition coefficient (Wildman–Crippen LogP) is 2.83. The largest absolute Gasteiger partial charge is 0.508 e. The van der Waals surface area contributed by atoms with Crippen LogP contribution in [0.1, 0.15) is 56.7 Å². The second kappa shape index (κ2) is 8.92. The minimum atomic E-state index is -3.20. The Morgan fingerprint density at radius 3 is 1.93 bits per heavy atom. The lowest BCUT2D eigenvalue weighted by atomic mass is 9.85. The molecule has 0 saturated heterocycles. The molecule has 28 heavy (non-hydrogen) atoms. The molecular weight excluding hydrogens is 358 g/mol. The lowest BCUT2D eigenvalue weighted by Crippen LogP contribution is -2.38. The maximum absolute atomic E-state index is 10.7. The molecule has 0 radical (unpaired) electrons. The molecule has 154 valence electrons. The fourth-order valence-electron chi connectivity index (χ4n) is 3.77. The van der Waals surface area contributed by atoms with Crippen molar-refractivity contribution >= 4 is 0 Å². The number of rotatable bonds is 8. The van der Waals surface area contributed by atoms with Gasteiger partial charge in [0.15, 0.2) is 0 Å². The van der Waals surface area contributed by atoms with Gasteiger partial charge in [0.1, 0.15) is 11.5 Å². The molecule has 5 N–H and O–H groups in total. The Kier molecular flexibility index (Phi) is 7.06. The molecule has 0 bridgehead atoms. The Labute approximate surface area is 166 Å². The van der Waals surface area contributed by atoms with E-state index in [2.05, 4.69) is 32.6 Å². The fraction of sp³-hybridized carbons (Fsp3) is 0.455. The molecular formula is C22H31NO5. The number of benzene rings is 2. The normalized spacial score (nSPS) is 13.5. The van der Waals surface area contributed by atoms with E-state index in [1.165, 1.54) is 6.07 Å². The van der Waals surface area contributed by atoms with Crippen molar-refractivity contribution in [2.45, 2.75) is 58.1 Å². The lowest BCUT2D eigenvalue weighted by Gasteiger charge is -2.32. The van der Waals surface area contributed by atoms with Gasteiger partial charge in [0, 0.05) is 23.6 Å². The Balaban J connectivity index is 2.52. The Bertz CT molecular complexity index is 760. The van der Waals surface area contributed by atoms with Gasteiger partial charge in [-0.2, -0.15) is 0 Å². The molecule has 0 heterocycles. The van der Waals surface area contributed by atoms with Gasteiger partial charge in [-0.3, -0.25) is 4.90 Å². The summed E-state index contributed by atoms with van der Waals surface area (Å²) in [5, 5.41) is 49.8. The minimum absolute atomic E-state index is 0.165. The summed E-state index contributed by atoms with van der Waals surface area (Å²) >= 11 is 0. The lowest BCUT2D eigenvalue weighted by molar-refractivity contribution is -0.324. The fourth-order valence-corrected chi connectivity index (χ4v) is 3.77. The molecule has 0 amide bonds. The van der Waals surface area contributed by atoms with E-state index in [9.17, 15) is 25.5 Å². The van der Waals surface area contributed by atoms with Crippen LogP contribution < -0.4 is 0 Å². The van der Waals surface area contributed by atoms with Gasteiger partial charge in [0.05, 0.1) is 5.56 Å². The maximum atomic E-state index is 10.7. The Hall–Kier alpha value is -2.12. The molecule has 0 spiro atoms. The first-order valence-corrected chi connectivity index (χ1v) is 9.57. The van der Waals surface area contributed by atoms with Gasteiger partial charge < -0.3 is 25.5 Å². The summed E-state index contributed by atoms with van der Waals surface area (Å²) in [7, 11) is 0. The first-order chi connectivity index (χ1) is 13.0. The molecule has 0 unspecified atom stereocenters. The highest BCUT2D eigenvalue weighted by Crippen LogP contribution is 2.43. The summed E-state index contributed by atoms with van der Waals surface area (Å²) in [4.78, 5) is 2.31. The number of aromatic hydroxyl groups is 2. The molecule has 6 nitrogen and oxygen atoms in total. The highest BCUT2D eigenvalue weighted by atomic mass is 16.7. The van der Waals surface area contributed by atoms with Crippen molar-refractivity contribution in [2.75, 3.05) is 6.54 Å². The summed E-state index contributed by atoms with van der Waals surface area (Å²) in [6.45, 7) is 9.17. The van der Waals surface area contributed by atoms with Crippen molar-refractivity contribution < 1.29 is 25.5 Å². The molecule has 2 rings (SSSR count). The number of nitrogens with zero attached hydrogens (tertiary/aromatic N) is 1. The highest BCUT2D eigenvalue weighted by molar-refractivity contribution is 5.54. The summed E-state index contributed by atoms with van der Waals surface area (Å²) in [6.07, 6.45) is 0.584. The van der Waals surface area contributed by atoms with Crippen molar-refractivity contribution in [1.29, 1.82) is 0 Å². The zero-order valence-electron chi connectivity index (χ0n) is 16.9. The number of hydrogen-bond donors (Lipinski definition) is 5. The number of hydrogen-bond acceptors (Lipinski definition) is 6. The summed E-state index contributed by atoms with van der Waals surface area (Å²) in [6, 6.07) is 12.4. The van der Waals surface area contributed by atoms with Crippen molar-refractivity contribution in [2.24, 2.45) is 0 Å². The number of phenolic OH excluding ortho intramolecular Hbond substituents is 2. The van der Waals surface area contributed by atoms with Gasteiger partial charge in [-0.25, -0.2) is 0 Å². The molecule has 0 aliphatic carbocycles. The van der Waals surface area contributed by atoms with Gasteiger partial charge in [-0.05, 0) is 58.4 Å². The predicted molar refractivity (Wildman–Crippen MR) is 108 cm³/mol. The van der Waals surface area contributed by atoms with E-state index in [1.807, 2.05) is 30.3 Å². The molecule has 0 saturated carbocycles. The molecule has 0 aliphatic rings. The van der Waals surface area contributed by atoms with Crippen LogP contribution in [-0.2, 0) is 5.97 Å². The smallest absolute Gasteiger partial charge is 0.308 e. The van der Waals surface area contributed by atoms with Crippen LogP contribution in [0.25, 0.3) is 0 Å². The van der Waals surface area contributed by atoms with Gasteiger partial charge in [0.2, 0.25) is 0 Å². The van der Waals surface area contributed by atoms with Crippen molar-refractivity contribution in [3.63, 3.8) is 0 Å². The van der Waals surface area contributed by atoms with Crippen molar-refractivity contribution in [1.82, 2.24) is 4.90 Å². The molecule has 2 aromatic rings. The van der Waals surface area contributed by atoms with Crippen molar-refractivity contribution in [3.05, 3.63) is 59.2 Å².